The van der Waals surface area contributed by atoms with Gasteiger partial charge in [0.25, 0.3) is 0 Å². The molecule has 2 nitrogen and oxygen atoms in total. The normalized spacial score (nSPS) is 9.32. The van der Waals surface area contributed by atoms with Crippen LogP contribution < -0.4 is 0 Å². The van der Waals surface area contributed by atoms with E-state index in [4.69, 9.17) is 11.6 Å². The molecule has 0 atom stereocenters. The second-order valence-corrected chi connectivity index (χ2v) is 5.85. The van der Waals surface area contributed by atoms with Crippen LogP contribution in [0.3, 0.4) is 0 Å². The molecule has 0 saturated carbocycles. The Bertz CT molecular complexity index is 572. The molecule has 2 heterocycles. The number of rotatable bonds is 1. The third kappa shape index (κ3) is 5.10. The first-order chi connectivity index (χ1) is 9.10. The predicted octanol–water partition coefficient (Wildman–Crippen LogP) is 4.51. The molecule has 0 spiro atoms. The summed E-state index contributed by atoms with van der Waals surface area (Å²) in [6.07, 6.45) is 5.88. The van der Waals surface area contributed by atoms with Crippen LogP contribution in [0.1, 0.15) is 43.2 Å². The predicted molar refractivity (Wildman–Crippen MR) is 83.9 cm³/mol. The summed E-state index contributed by atoms with van der Waals surface area (Å²) in [6, 6.07) is 2.05. The molecule has 19 heavy (non-hydrogen) atoms. The number of hydrogen-bond acceptors (Lipinski definition) is 2. The zero-order valence-electron chi connectivity index (χ0n) is 11.8. The molecule has 0 fully saturated rings. The fraction of sp³-hybridized carbons (Fsp3) is 0.400. The van der Waals surface area contributed by atoms with Crippen LogP contribution in [-0.4, -0.2) is 9.78 Å². The number of aryl methyl sites for hydroxylation is 2. The summed E-state index contributed by atoms with van der Waals surface area (Å²) < 4.78 is 2.50. The molecule has 2 aromatic rings. The van der Waals surface area contributed by atoms with Gasteiger partial charge in [0.1, 0.15) is 4.34 Å². The largest absolute Gasteiger partial charge is 0.275 e. The summed E-state index contributed by atoms with van der Waals surface area (Å²) in [5.74, 6) is 6.12. The van der Waals surface area contributed by atoms with Crippen LogP contribution in [0.25, 0.3) is 0 Å². The Morgan fingerprint density at radius 2 is 2.00 bits per heavy atom. The molecule has 0 N–H and O–H groups in total. The highest BCUT2D eigenvalue weighted by molar-refractivity contribution is 7.16. The Hall–Kier alpha value is -1.24. The minimum absolute atomic E-state index is 0.772. The molecule has 102 valence electrons. The summed E-state index contributed by atoms with van der Waals surface area (Å²) >= 11 is 7.69. The van der Waals surface area contributed by atoms with Crippen molar-refractivity contribution in [1.29, 1.82) is 0 Å². The molecule has 0 aromatic carbocycles. The summed E-state index contributed by atoms with van der Waals surface area (Å²) in [6.45, 7) is 6.36. The van der Waals surface area contributed by atoms with Crippen molar-refractivity contribution in [3.63, 3.8) is 0 Å². The quantitative estimate of drug-likeness (QED) is 0.707. The fourth-order valence-corrected chi connectivity index (χ4v) is 2.47. The number of halogens is 1. The number of aromatic nitrogens is 2. The molecule has 2 aromatic heterocycles. The van der Waals surface area contributed by atoms with Crippen molar-refractivity contribution in [3.05, 3.63) is 38.8 Å². The van der Waals surface area contributed by atoms with Crippen LogP contribution in [0.2, 0.25) is 4.34 Å². The second-order valence-electron chi connectivity index (χ2n) is 4.11. The van der Waals surface area contributed by atoms with Gasteiger partial charge in [-0.1, -0.05) is 50.6 Å². The van der Waals surface area contributed by atoms with Crippen LogP contribution in [-0.2, 0) is 13.5 Å². The average Bonchev–Trinajstić information content (AvgIpc) is 2.94. The van der Waals surface area contributed by atoms with Crippen LogP contribution in [0, 0.1) is 11.8 Å². The maximum Gasteiger partial charge on any atom is 0.109 e. The van der Waals surface area contributed by atoms with Gasteiger partial charge in [-0.3, -0.25) is 4.68 Å². The lowest BCUT2D eigenvalue weighted by atomic mass is 10.2. The summed E-state index contributed by atoms with van der Waals surface area (Å²) in [7, 11) is 1.87. The molecule has 0 aliphatic carbocycles. The van der Waals surface area contributed by atoms with Gasteiger partial charge in [0.15, 0.2) is 0 Å². The fourth-order valence-electron chi connectivity index (χ4n) is 1.30. The molecule has 0 radical (unpaired) electrons. The molecular weight excluding hydrogens is 276 g/mol. The van der Waals surface area contributed by atoms with Gasteiger partial charge in [0.2, 0.25) is 0 Å². The van der Waals surface area contributed by atoms with Gasteiger partial charge < -0.3 is 0 Å². The molecule has 4 heteroatoms. The van der Waals surface area contributed by atoms with E-state index in [1.165, 1.54) is 11.3 Å². The Kier molecular flexibility index (Phi) is 6.69. The Labute approximate surface area is 124 Å². The lowest BCUT2D eigenvalue weighted by Gasteiger charge is -1.82. The third-order valence-corrected chi connectivity index (χ3v) is 3.64. The van der Waals surface area contributed by atoms with Gasteiger partial charge in [-0.25, -0.2) is 0 Å². The lowest BCUT2D eigenvalue weighted by Crippen LogP contribution is -1.83. The van der Waals surface area contributed by atoms with Gasteiger partial charge in [0.05, 0.1) is 17.3 Å². The van der Waals surface area contributed by atoms with Crippen LogP contribution in [0.15, 0.2) is 18.5 Å². The van der Waals surface area contributed by atoms with E-state index < -0.39 is 0 Å². The van der Waals surface area contributed by atoms with E-state index in [9.17, 15) is 0 Å². The van der Waals surface area contributed by atoms with Gasteiger partial charge in [-0.05, 0) is 12.5 Å². The topological polar surface area (TPSA) is 17.8 Å². The van der Waals surface area contributed by atoms with Gasteiger partial charge in [0, 0.05) is 18.1 Å². The zero-order valence-corrected chi connectivity index (χ0v) is 13.4. The minimum atomic E-state index is 0.772. The van der Waals surface area contributed by atoms with Crippen LogP contribution in [0.5, 0.6) is 0 Å². The van der Waals surface area contributed by atoms with E-state index in [2.05, 4.69) is 43.8 Å². The average molecular weight is 295 g/mol. The number of hydrogen-bond donors (Lipinski definition) is 0. The Morgan fingerprint density at radius 3 is 2.47 bits per heavy atom. The first-order valence-corrected chi connectivity index (χ1v) is 7.58. The number of nitrogens with zero attached hydrogens (tertiary/aromatic N) is 2. The van der Waals surface area contributed by atoms with Gasteiger partial charge in [-0.15, -0.1) is 11.3 Å². The highest BCUT2D eigenvalue weighted by Gasteiger charge is 2.03. The van der Waals surface area contributed by atoms with Crippen molar-refractivity contribution in [2.45, 2.75) is 33.6 Å². The van der Waals surface area contributed by atoms with E-state index in [-0.39, 0.29) is 0 Å². The summed E-state index contributed by atoms with van der Waals surface area (Å²) in [5.41, 5.74) is 1.81. The van der Waals surface area contributed by atoms with Gasteiger partial charge >= 0.3 is 0 Å². The Morgan fingerprint density at radius 1 is 1.32 bits per heavy atom. The van der Waals surface area contributed by atoms with Crippen molar-refractivity contribution >= 4 is 22.9 Å². The van der Waals surface area contributed by atoms with Crippen LogP contribution >= 0.6 is 22.9 Å². The van der Waals surface area contributed by atoms with E-state index in [1.807, 2.05) is 13.2 Å². The van der Waals surface area contributed by atoms with Gasteiger partial charge in [-0.2, -0.15) is 5.10 Å². The molecule has 0 bridgehead atoms. The monoisotopic (exact) mass is 294 g/mol. The summed E-state index contributed by atoms with van der Waals surface area (Å²) in [5, 5.41) is 4.06. The maximum atomic E-state index is 6.09. The second kappa shape index (κ2) is 8.04. The first kappa shape index (κ1) is 15.8. The van der Waals surface area contributed by atoms with Crippen molar-refractivity contribution in [2.24, 2.45) is 7.05 Å². The maximum absolute atomic E-state index is 6.09. The van der Waals surface area contributed by atoms with Crippen molar-refractivity contribution in [3.8, 4) is 11.8 Å². The van der Waals surface area contributed by atoms with E-state index >= 15 is 0 Å². The highest BCUT2D eigenvalue weighted by Crippen LogP contribution is 2.27. The SMILES string of the molecule is CCC.CCc1cc(C#Cc2cnn(C)c2)c(Cl)s1. The van der Waals surface area contributed by atoms with E-state index in [1.54, 1.807) is 22.2 Å². The lowest BCUT2D eigenvalue weighted by molar-refractivity contribution is 0.767. The molecule has 0 unspecified atom stereocenters. The molecule has 0 aliphatic heterocycles. The van der Waals surface area contributed by atoms with E-state index in [0.29, 0.717) is 0 Å². The van der Waals surface area contributed by atoms with Crippen molar-refractivity contribution < 1.29 is 0 Å². The molecule has 0 aliphatic rings. The molecule has 0 saturated heterocycles. The Balaban J connectivity index is 0.000000550. The van der Waals surface area contributed by atoms with Crippen molar-refractivity contribution in [1.82, 2.24) is 9.78 Å². The van der Waals surface area contributed by atoms with Crippen LogP contribution in [0.4, 0.5) is 0 Å². The molecule has 0 amide bonds. The highest BCUT2D eigenvalue weighted by atomic mass is 35.5. The summed E-state index contributed by atoms with van der Waals surface area (Å²) in [4.78, 5) is 1.26. The van der Waals surface area contributed by atoms with Crippen molar-refractivity contribution in [2.75, 3.05) is 0 Å². The molecular formula is C15H19ClN2S. The number of thiophene rings is 1. The third-order valence-electron chi connectivity index (χ3n) is 2.13. The first-order valence-electron chi connectivity index (χ1n) is 6.39. The zero-order chi connectivity index (χ0) is 14.3. The standard InChI is InChI=1S/C12H11ClN2S.C3H8/c1-3-11-6-10(12(13)16-11)5-4-9-7-14-15(2)8-9;1-3-2/h6-8H,3H2,1-2H3;3H2,1-2H3. The molecule has 2 rings (SSSR count). The minimum Gasteiger partial charge on any atom is -0.275 e. The smallest absolute Gasteiger partial charge is 0.109 e. The van der Waals surface area contributed by atoms with E-state index in [0.717, 1.165) is 21.9 Å².